The third-order valence-corrected chi connectivity index (χ3v) is 3.41. The molecule has 1 aliphatic rings. The highest BCUT2D eigenvalue weighted by atomic mass is 16.6. The number of hydrogen-bond acceptors (Lipinski definition) is 7. The summed E-state index contributed by atoms with van der Waals surface area (Å²) < 4.78 is 4.90. The molecule has 0 amide bonds. The van der Waals surface area contributed by atoms with Crippen LogP contribution in [-0.4, -0.2) is 41.6 Å². The van der Waals surface area contributed by atoms with E-state index in [1.54, 1.807) is 0 Å². The number of hydrogen-bond donors (Lipinski definition) is 2. The highest BCUT2D eigenvalue weighted by molar-refractivity contribution is 5.60. The van der Waals surface area contributed by atoms with E-state index in [9.17, 15) is 10.1 Å². The molecule has 1 aromatic heterocycles. The lowest BCUT2D eigenvalue weighted by Crippen LogP contribution is -2.30. The van der Waals surface area contributed by atoms with Crippen molar-refractivity contribution in [3.8, 4) is 5.88 Å². The molecule has 2 heterocycles. The second-order valence-corrected chi connectivity index (χ2v) is 4.77. The number of ether oxygens (including phenoxy) is 1. The largest absolute Gasteiger partial charge is 0.476 e. The van der Waals surface area contributed by atoms with Crippen molar-refractivity contribution >= 4 is 11.5 Å². The Bertz CT molecular complexity index is 462. The minimum Gasteiger partial charge on any atom is -0.476 e. The van der Waals surface area contributed by atoms with Gasteiger partial charge in [0.05, 0.1) is 12.0 Å². The van der Waals surface area contributed by atoms with Crippen LogP contribution in [0.3, 0.4) is 0 Å². The topological polar surface area (TPSA) is 102 Å². The van der Waals surface area contributed by atoms with E-state index in [4.69, 9.17) is 4.74 Å². The fraction of sp³-hybridized carbons (Fsp3) is 0.667. The summed E-state index contributed by atoms with van der Waals surface area (Å²) >= 11 is 0. The standard InChI is InChI=1S/C12H19N5O3/c1-20-12-10(17(18)19)11(15-8-16-12)14-6-4-9-3-2-5-13-7-9/h8-9,13H,2-7H2,1H3,(H,14,15,16). The maximum Gasteiger partial charge on any atom is 0.372 e. The van der Waals surface area contributed by atoms with Gasteiger partial charge in [-0.05, 0) is 38.3 Å². The molecule has 0 spiro atoms. The second-order valence-electron chi connectivity index (χ2n) is 4.77. The molecule has 20 heavy (non-hydrogen) atoms. The summed E-state index contributed by atoms with van der Waals surface area (Å²) in [5.74, 6) is 0.802. The number of rotatable bonds is 6. The van der Waals surface area contributed by atoms with Crippen LogP contribution in [0, 0.1) is 16.0 Å². The van der Waals surface area contributed by atoms with E-state index in [0.29, 0.717) is 12.5 Å². The smallest absolute Gasteiger partial charge is 0.372 e. The number of nitrogens with zero attached hydrogens (tertiary/aromatic N) is 3. The molecule has 1 aromatic rings. The van der Waals surface area contributed by atoms with Gasteiger partial charge in [0.25, 0.3) is 5.88 Å². The maximum atomic E-state index is 11.1. The van der Waals surface area contributed by atoms with Crippen molar-refractivity contribution in [1.82, 2.24) is 15.3 Å². The summed E-state index contributed by atoms with van der Waals surface area (Å²) in [4.78, 5) is 18.2. The first-order chi connectivity index (χ1) is 9.72. The van der Waals surface area contributed by atoms with Crippen LogP contribution in [0.4, 0.5) is 11.5 Å². The van der Waals surface area contributed by atoms with Crippen molar-refractivity contribution in [2.45, 2.75) is 19.3 Å². The molecule has 1 fully saturated rings. The molecule has 110 valence electrons. The summed E-state index contributed by atoms with van der Waals surface area (Å²) in [5, 5.41) is 17.4. The summed E-state index contributed by atoms with van der Waals surface area (Å²) in [6.07, 6.45) is 4.60. The van der Waals surface area contributed by atoms with E-state index >= 15 is 0 Å². The van der Waals surface area contributed by atoms with Gasteiger partial charge in [-0.2, -0.15) is 4.98 Å². The Balaban J connectivity index is 1.96. The van der Waals surface area contributed by atoms with Crippen molar-refractivity contribution in [2.75, 3.05) is 32.1 Å². The van der Waals surface area contributed by atoms with Crippen molar-refractivity contribution in [3.63, 3.8) is 0 Å². The highest BCUT2D eigenvalue weighted by Crippen LogP contribution is 2.30. The van der Waals surface area contributed by atoms with Crippen LogP contribution in [0.15, 0.2) is 6.33 Å². The van der Waals surface area contributed by atoms with Gasteiger partial charge in [-0.15, -0.1) is 0 Å². The predicted octanol–water partition coefficient (Wildman–Crippen LogP) is 1.20. The molecule has 8 heteroatoms. The van der Waals surface area contributed by atoms with Crippen LogP contribution in [-0.2, 0) is 0 Å². The molecule has 0 saturated carbocycles. The molecule has 0 aliphatic carbocycles. The molecule has 0 radical (unpaired) electrons. The fourth-order valence-corrected chi connectivity index (χ4v) is 2.37. The minimum atomic E-state index is -0.524. The number of nitro groups is 1. The van der Waals surface area contributed by atoms with Gasteiger partial charge in [-0.25, -0.2) is 4.98 Å². The number of methoxy groups -OCH3 is 1. The van der Waals surface area contributed by atoms with Crippen LogP contribution in [0.2, 0.25) is 0 Å². The molecule has 8 nitrogen and oxygen atoms in total. The maximum absolute atomic E-state index is 11.1. The van der Waals surface area contributed by atoms with Gasteiger partial charge in [-0.1, -0.05) is 0 Å². The number of anilines is 1. The molecule has 1 unspecified atom stereocenters. The number of nitrogens with one attached hydrogen (secondary N) is 2. The molecule has 2 N–H and O–H groups in total. The molecule has 0 aromatic carbocycles. The Labute approximate surface area is 117 Å². The highest BCUT2D eigenvalue weighted by Gasteiger charge is 2.23. The van der Waals surface area contributed by atoms with Crippen molar-refractivity contribution < 1.29 is 9.66 Å². The SMILES string of the molecule is COc1ncnc(NCCC2CCCNC2)c1[N+](=O)[O-]. The van der Waals surface area contributed by atoms with E-state index in [0.717, 1.165) is 19.5 Å². The monoisotopic (exact) mass is 281 g/mol. The summed E-state index contributed by atoms with van der Waals surface area (Å²) in [7, 11) is 1.35. The Morgan fingerprint density at radius 2 is 2.45 bits per heavy atom. The first-order valence-corrected chi connectivity index (χ1v) is 6.70. The first-order valence-electron chi connectivity index (χ1n) is 6.70. The number of piperidine rings is 1. The van der Waals surface area contributed by atoms with Gasteiger partial charge in [0.15, 0.2) is 0 Å². The Hall–Kier alpha value is -1.96. The van der Waals surface area contributed by atoms with Gasteiger partial charge in [0, 0.05) is 6.54 Å². The van der Waals surface area contributed by atoms with Crippen LogP contribution in [0.1, 0.15) is 19.3 Å². The minimum absolute atomic E-state index is 0.0215. The van der Waals surface area contributed by atoms with E-state index < -0.39 is 4.92 Å². The van der Waals surface area contributed by atoms with E-state index in [2.05, 4.69) is 20.6 Å². The normalized spacial score (nSPS) is 18.6. The predicted molar refractivity (Wildman–Crippen MR) is 73.9 cm³/mol. The van der Waals surface area contributed by atoms with Gasteiger partial charge in [0.2, 0.25) is 5.82 Å². The Morgan fingerprint density at radius 1 is 1.60 bits per heavy atom. The Morgan fingerprint density at radius 3 is 3.10 bits per heavy atom. The zero-order valence-corrected chi connectivity index (χ0v) is 11.5. The third-order valence-electron chi connectivity index (χ3n) is 3.41. The molecule has 0 bridgehead atoms. The van der Waals surface area contributed by atoms with Gasteiger partial charge < -0.3 is 15.4 Å². The quantitative estimate of drug-likeness (QED) is 0.596. The molecule has 1 aliphatic heterocycles. The molecule has 2 rings (SSSR count). The van der Waals surface area contributed by atoms with Crippen molar-refractivity contribution in [1.29, 1.82) is 0 Å². The van der Waals surface area contributed by atoms with Crippen LogP contribution in [0.5, 0.6) is 5.88 Å². The lowest BCUT2D eigenvalue weighted by atomic mass is 9.96. The molecule has 1 atom stereocenters. The van der Waals surface area contributed by atoms with Crippen molar-refractivity contribution in [2.24, 2.45) is 5.92 Å². The van der Waals surface area contributed by atoms with Crippen LogP contribution < -0.4 is 15.4 Å². The third kappa shape index (κ3) is 3.53. The average Bonchev–Trinajstić information content (AvgIpc) is 2.47. The summed E-state index contributed by atoms with van der Waals surface area (Å²) in [6.45, 7) is 2.74. The van der Waals surface area contributed by atoms with E-state index in [1.807, 2.05) is 0 Å². The lowest BCUT2D eigenvalue weighted by Gasteiger charge is -2.22. The van der Waals surface area contributed by atoms with E-state index in [-0.39, 0.29) is 17.4 Å². The number of aromatic nitrogens is 2. The van der Waals surface area contributed by atoms with Crippen molar-refractivity contribution in [3.05, 3.63) is 16.4 Å². The van der Waals surface area contributed by atoms with Crippen LogP contribution in [0.25, 0.3) is 0 Å². The average molecular weight is 281 g/mol. The van der Waals surface area contributed by atoms with Gasteiger partial charge >= 0.3 is 5.69 Å². The molecular weight excluding hydrogens is 262 g/mol. The summed E-state index contributed by atoms with van der Waals surface area (Å²) in [6, 6.07) is 0. The molecule has 1 saturated heterocycles. The van der Waals surface area contributed by atoms with Gasteiger partial charge in [-0.3, -0.25) is 10.1 Å². The van der Waals surface area contributed by atoms with Gasteiger partial charge in [0.1, 0.15) is 6.33 Å². The van der Waals surface area contributed by atoms with E-state index in [1.165, 1.54) is 26.3 Å². The van der Waals surface area contributed by atoms with Crippen LogP contribution >= 0.6 is 0 Å². The Kier molecular flexibility index (Phi) is 5.05. The second kappa shape index (κ2) is 6.99. The lowest BCUT2D eigenvalue weighted by molar-refractivity contribution is -0.385. The first kappa shape index (κ1) is 14.4. The summed E-state index contributed by atoms with van der Waals surface area (Å²) in [5.41, 5.74) is -0.211. The zero-order valence-electron chi connectivity index (χ0n) is 11.5. The molecular formula is C12H19N5O3. The fourth-order valence-electron chi connectivity index (χ4n) is 2.37. The zero-order chi connectivity index (χ0) is 14.4.